The van der Waals surface area contributed by atoms with E-state index in [1.54, 1.807) is 6.33 Å². The standard InChI is InChI=1S/C12H21N5O/c1-9(2)7-17-11(14-8-15-17)6-13-5-10-3-4-12(18)16-10/h8-10,13H,3-7H2,1-2H3,(H,16,18). The average molecular weight is 251 g/mol. The third-order valence-electron chi connectivity index (χ3n) is 2.99. The summed E-state index contributed by atoms with van der Waals surface area (Å²) in [6, 6.07) is 0.263. The molecule has 1 unspecified atom stereocenters. The van der Waals surface area contributed by atoms with Crippen LogP contribution in [0.4, 0.5) is 0 Å². The Bertz CT molecular complexity index is 401. The third kappa shape index (κ3) is 3.53. The average Bonchev–Trinajstić information content (AvgIpc) is 2.88. The molecular weight excluding hydrogens is 230 g/mol. The number of carbonyl (C=O) groups excluding carboxylic acids is 1. The molecule has 1 aliphatic heterocycles. The molecule has 1 saturated heterocycles. The molecule has 1 aromatic rings. The van der Waals surface area contributed by atoms with Crippen LogP contribution in [0.2, 0.25) is 0 Å². The topological polar surface area (TPSA) is 71.8 Å². The normalized spacial score (nSPS) is 19.5. The van der Waals surface area contributed by atoms with Gasteiger partial charge in [-0.3, -0.25) is 4.79 Å². The van der Waals surface area contributed by atoms with Crippen LogP contribution in [0.1, 0.15) is 32.5 Å². The first-order valence-corrected chi connectivity index (χ1v) is 6.52. The fourth-order valence-electron chi connectivity index (χ4n) is 2.11. The van der Waals surface area contributed by atoms with Crippen molar-refractivity contribution in [1.29, 1.82) is 0 Å². The van der Waals surface area contributed by atoms with Crippen molar-refractivity contribution in [2.45, 2.75) is 45.8 Å². The van der Waals surface area contributed by atoms with Gasteiger partial charge in [-0.15, -0.1) is 0 Å². The van der Waals surface area contributed by atoms with Crippen molar-refractivity contribution >= 4 is 5.91 Å². The summed E-state index contributed by atoms with van der Waals surface area (Å²) in [5, 5.41) is 10.5. The number of nitrogens with one attached hydrogen (secondary N) is 2. The van der Waals surface area contributed by atoms with Gasteiger partial charge in [-0.25, -0.2) is 9.67 Å². The highest BCUT2D eigenvalue weighted by Crippen LogP contribution is 2.05. The molecule has 100 valence electrons. The minimum atomic E-state index is 0.157. The Morgan fingerprint density at radius 3 is 3.11 bits per heavy atom. The number of carbonyl (C=O) groups is 1. The van der Waals surface area contributed by atoms with E-state index < -0.39 is 0 Å². The van der Waals surface area contributed by atoms with Gasteiger partial charge in [-0.2, -0.15) is 5.10 Å². The van der Waals surface area contributed by atoms with E-state index in [2.05, 4.69) is 34.6 Å². The van der Waals surface area contributed by atoms with E-state index in [0.717, 1.165) is 25.3 Å². The number of nitrogens with zero attached hydrogens (tertiary/aromatic N) is 3. The fraction of sp³-hybridized carbons (Fsp3) is 0.750. The lowest BCUT2D eigenvalue weighted by Crippen LogP contribution is -2.35. The van der Waals surface area contributed by atoms with E-state index >= 15 is 0 Å². The zero-order chi connectivity index (χ0) is 13.0. The van der Waals surface area contributed by atoms with Gasteiger partial charge in [0, 0.05) is 25.6 Å². The first kappa shape index (κ1) is 13.0. The second kappa shape index (κ2) is 5.95. The second-order valence-corrected chi connectivity index (χ2v) is 5.19. The van der Waals surface area contributed by atoms with E-state index in [9.17, 15) is 4.79 Å². The summed E-state index contributed by atoms with van der Waals surface area (Å²) in [6.45, 7) is 6.69. The van der Waals surface area contributed by atoms with Crippen LogP contribution in [0.25, 0.3) is 0 Å². The summed E-state index contributed by atoms with van der Waals surface area (Å²) in [5.41, 5.74) is 0. The molecule has 1 aliphatic rings. The summed E-state index contributed by atoms with van der Waals surface area (Å²) in [4.78, 5) is 15.3. The molecule has 0 spiro atoms. The molecule has 2 heterocycles. The molecule has 0 saturated carbocycles. The largest absolute Gasteiger partial charge is 0.352 e. The van der Waals surface area contributed by atoms with Crippen molar-refractivity contribution in [3.63, 3.8) is 0 Å². The van der Waals surface area contributed by atoms with Crippen molar-refractivity contribution in [2.24, 2.45) is 5.92 Å². The minimum absolute atomic E-state index is 0.157. The van der Waals surface area contributed by atoms with Crippen LogP contribution in [-0.4, -0.2) is 33.3 Å². The maximum atomic E-state index is 11.1. The van der Waals surface area contributed by atoms with Gasteiger partial charge < -0.3 is 10.6 Å². The van der Waals surface area contributed by atoms with E-state index in [0.29, 0.717) is 18.9 Å². The lowest BCUT2D eigenvalue weighted by Gasteiger charge is -2.12. The highest BCUT2D eigenvalue weighted by atomic mass is 16.1. The lowest BCUT2D eigenvalue weighted by atomic mass is 10.2. The summed E-state index contributed by atoms with van der Waals surface area (Å²) in [6.07, 6.45) is 3.16. The van der Waals surface area contributed by atoms with E-state index in [1.807, 2.05) is 4.68 Å². The maximum Gasteiger partial charge on any atom is 0.220 e. The van der Waals surface area contributed by atoms with Gasteiger partial charge in [0.05, 0.1) is 6.54 Å². The number of rotatable bonds is 6. The zero-order valence-electron chi connectivity index (χ0n) is 11.0. The Morgan fingerprint density at radius 2 is 2.44 bits per heavy atom. The van der Waals surface area contributed by atoms with Crippen molar-refractivity contribution in [1.82, 2.24) is 25.4 Å². The molecule has 2 N–H and O–H groups in total. The molecule has 6 nitrogen and oxygen atoms in total. The third-order valence-corrected chi connectivity index (χ3v) is 2.99. The predicted octanol–water partition coefficient (Wildman–Crippen LogP) is 0.302. The monoisotopic (exact) mass is 251 g/mol. The molecule has 1 atom stereocenters. The van der Waals surface area contributed by atoms with Gasteiger partial charge in [0.2, 0.25) is 5.91 Å². The van der Waals surface area contributed by atoms with Crippen LogP contribution in [0, 0.1) is 5.92 Å². The molecule has 0 aromatic carbocycles. The van der Waals surface area contributed by atoms with Gasteiger partial charge in [-0.05, 0) is 12.3 Å². The molecule has 18 heavy (non-hydrogen) atoms. The molecule has 0 aliphatic carbocycles. The first-order chi connectivity index (χ1) is 8.65. The quantitative estimate of drug-likeness (QED) is 0.763. The van der Waals surface area contributed by atoms with Crippen LogP contribution >= 0.6 is 0 Å². The Labute approximate surface area is 107 Å². The van der Waals surface area contributed by atoms with Crippen molar-refractivity contribution < 1.29 is 4.79 Å². The Hall–Kier alpha value is -1.43. The first-order valence-electron chi connectivity index (χ1n) is 6.52. The van der Waals surface area contributed by atoms with Crippen molar-refractivity contribution in [3.8, 4) is 0 Å². The summed E-state index contributed by atoms with van der Waals surface area (Å²) < 4.78 is 1.94. The van der Waals surface area contributed by atoms with Gasteiger partial charge in [-0.1, -0.05) is 13.8 Å². The van der Waals surface area contributed by atoms with Crippen molar-refractivity contribution in [3.05, 3.63) is 12.2 Å². The van der Waals surface area contributed by atoms with E-state index in [1.165, 1.54) is 0 Å². The number of amides is 1. The minimum Gasteiger partial charge on any atom is -0.352 e. The van der Waals surface area contributed by atoms with Gasteiger partial charge >= 0.3 is 0 Å². The Kier molecular flexibility index (Phi) is 4.30. The molecule has 2 rings (SSSR count). The van der Waals surface area contributed by atoms with Crippen LogP contribution in [0.5, 0.6) is 0 Å². The van der Waals surface area contributed by atoms with Gasteiger partial charge in [0.15, 0.2) is 0 Å². The zero-order valence-corrected chi connectivity index (χ0v) is 11.0. The molecule has 1 amide bonds. The summed E-state index contributed by atoms with van der Waals surface area (Å²) in [5.74, 6) is 1.66. The number of hydrogen-bond donors (Lipinski definition) is 2. The summed E-state index contributed by atoms with van der Waals surface area (Å²) >= 11 is 0. The fourth-order valence-corrected chi connectivity index (χ4v) is 2.11. The number of aromatic nitrogens is 3. The number of hydrogen-bond acceptors (Lipinski definition) is 4. The van der Waals surface area contributed by atoms with Crippen LogP contribution in [0.15, 0.2) is 6.33 Å². The van der Waals surface area contributed by atoms with Crippen molar-refractivity contribution in [2.75, 3.05) is 6.54 Å². The highest BCUT2D eigenvalue weighted by Gasteiger charge is 2.20. The Morgan fingerprint density at radius 1 is 1.61 bits per heavy atom. The lowest BCUT2D eigenvalue weighted by molar-refractivity contribution is -0.119. The molecule has 1 fully saturated rings. The summed E-state index contributed by atoms with van der Waals surface area (Å²) in [7, 11) is 0. The highest BCUT2D eigenvalue weighted by molar-refractivity contribution is 5.78. The molecule has 0 radical (unpaired) electrons. The molecular formula is C12H21N5O. The smallest absolute Gasteiger partial charge is 0.220 e. The Balaban J connectivity index is 1.76. The van der Waals surface area contributed by atoms with E-state index in [-0.39, 0.29) is 11.9 Å². The molecule has 1 aromatic heterocycles. The van der Waals surface area contributed by atoms with Crippen LogP contribution < -0.4 is 10.6 Å². The van der Waals surface area contributed by atoms with Gasteiger partial charge in [0.1, 0.15) is 12.2 Å². The SMILES string of the molecule is CC(C)Cn1ncnc1CNCC1CCC(=O)N1. The van der Waals surface area contributed by atoms with E-state index in [4.69, 9.17) is 0 Å². The molecule has 0 bridgehead atoms. The van der Waals surface area contributed by atoms with Gasteiger partial charge in [0.25, 0.3) is 0 Å². The van der Waals surface area contributed by atoms with Crippen LogP contribution in [-0.2, 0) is 17.9 Å². The van der Waals surface area contributed by atoms with Crippen LogP contribution in [0.3, 0.4) is 0 Å². The molecule has 6 heteroatoms. The maximum absolute atomic E-state index is 11.1. The predicted molar refractivity (Wildman–Crippen MR) is 67.7 cm³/mol. The second-order valence-electron chi connectivity index (χ2n) is 5.19.